The first-order valence-electron chi connectivity index (χ1n) is 4.68. The molecule has 0 heterocycles. The molecule has 0 atom stereocenters. The highest BCUT2D eigenvalue weighted by Gasteiger charge is 2.13. The molecule has 0 bridgehead atoms. The van der Waals surface area contributed by atoms with Crippen LogP contribution in [0.2, 0.25) is 0 Å². The van der Waals surface area contributed by atoms with Gasteiger partial charge in [0, 0.05) is 14.1 Å². The molecular formula is C10H12FN3O3. The number of hydrogen-bond donors (Lipinski definition) is 3. The summed E-state index contributed by atoms with van der Waals surface area (Å²) in [6.45, 7) is 0. The summed E-state index contributed by atoms with van der Waals surface area (Å²) in [6.07, 6.45) is 0. The van der Waals surface area contributed by atoms with Crippen LogP contribution in [0.5, 0.6) is 0 Å². The zero-order valence-corrected chi connectivity index (χ0v) is 9.32. The van der Waals surface area contributed by atoms with Crippen molar-refractivity contribution in [1.29, 1.82) is 0 Å². The summed E-state index contributed by atoms with van der Waals surface area (Å²) in [4.78, 5) is 22.2. The summed E-state index contributed by atoms with van der Waals surface area (Å²) in [6, 6.07) is 2.49. The molecule has 1 aromatic rings. The molecule has 17 heavy (non-hydrogen) atoms. The molecule has 2 amide bonds. The van der Waals surface area contributed by atoms with Crippen LogP contribution < -0.4 is 10.7 Å². The molecule has 0 aliphatic rings. The quantitative estimate of drug-likeness (QED) is 0.693. The van der Waals surface area contributed by atoms with Crippen molar-refractivity contribution >= 4 is 17.7 Å². The number of nitrogens with one attached hydrogen (secondary N) is 2. The molecule has 0 unspecified atom stereocenters. The molecule has 0 fully saturated rings. The highest BCUT2D eigenvalue weighted by atomic mass is 19.1. The van der Waals surface area contributed by atoms with E-state index >= 15 is 0 Å². The Hall–Kier alpha value is -2.15. The van der Waals surface area contributed by atoms with E-state index in [2.05, 4.69) is 10.7 Å². The first-order valence-corrected chi connectivity index (χ1v) is 4.68. The zero-order chi connectivity index (χ0) is 13.0. The van der Waals surface area contributed by atoms with E-state index in [1.165, 1.54) is 11.1 Å². The molecule has 1 aromatic carbocycles. The molecule has 0 aromatic heterocycles. The van der Waals surface area contributed by atoms with Gasteiger partial charge in [-0.05, 0) is 18.2 Å². The van der Waals surface area contributed by atoms with Crippen molar-refractivity contribution in [3.8, 4) is 0 Å². The number of amides is 2. The van der Waals surface area contributed by atoms with Gasteiger partial charge in [0.2, 0.25) is 0 Å². The molecule has 6 nitrogen and oxygen atoms in total. The number of carbonyl (C=O) groups is 2. The fraction of sp³-hybridized carbons (Fsp3) is 0.200. The maximum atomic E-state index is 12.9. The lowest BCUT2D eigenvalue weighted by atomic mass is 10.2. The lowest BCUT2D eigenvalue weighted by Gasteiger charge is -2.13. The summed E-state index contributed by atoms with van der Waals surface area (Å²) in [7, 11) is 3.20. The topological polar surface area (TPSA) is 81.7 Å². The van der Waals surface area contributed by atoms with Gasteiger partial charge in [-0.1, -0.05) is 0 Å². The van der Waals surface area contributed by atoms with Crippen LogP contribution in [0.25, 0.3) is 0 Å². The van der Waals surface area contributed by atoms with Crippen LogP contribution in [0.15, 0.2) is 18.2 Å². The first kappa shape index (κ1) is 12.9. The van der Waals surface area contributed by atoms with Crippen LogP contribution in [0, 0.1) is 5.82 Å². The van der Waals surface area contributed by atoms with E-state index in [1.54, 1.807) is 14.1 Å². The molecule has 0 aliphatic carbocycles. The highest BCUT2D eigenvalue weighted by Crippen LogP contribution is 2.16. The number of urea groups is 1. The summed E-state index contributed by atoms with van der Waals surface area (Å²) in [5.74, 6) is -1.99. The van der Waals surface area contributed by atoms with Crippen LogP contribution in [-0.2, 0) is 0 Å². The van der Waals surface area contributed by atoms with Crippen LogP contribution in [0.1, 0.15) is 10.4 Å². The SMILES string of the molecule is CN(C)NC(=O)Nc1ccc(F)cc1C(=O)O. The van der Waals surface area contributed by atoms with Gasteiger partial charge >= 0.3 is 12.0 Å². The third-order valence-corrected chi connectivity index (χ3v) is 1.79. The lowest BCUT2D eigenvalue weighted by molar-refractivity contribution is 0.0697. The monoisotopic (exact) mass is 241 g/mol. The predicted molar refractivity (Wildman–Crippen MR) is 59.2 cm³/mol. The smallest absolute Gasteiger partial charge is 0.337 e. The molecule has 1 rings (SSSR count). The third-order valence-electron chi connectivity index (χ3n) is 1.79. The molecule has 0 aliphatic heterocycles. The van der Waals surface area contributed by atoms with Crippen LogP contribution in [0.4, 0.5) is 14.9 Å². The van der Waals surface area contributed by atoms with Gasteiger partial charge in [-0.15, -0.1) is 0 Å². The predicted octanol–water partition coefficient (Wildman–Crippen LogP) is 1.12. The van der Waals surface area contributed by atoms with E-state index in [9.17, 15) is 14.0 Å². The van der Waals surface area contributed by atoms with Gasteiger partial charge < -0.3 is 10.4 Å². The molecule has 3 N–H and O–H groups in total. The summed E-state index contributed by atoms with van der Waals surface area (Å²) < 4.78 is 12.9. The minimum absolute atomic E-state index is 0.0262. The number of aromatic carboxylic acids is 1. The average molecular weight is 241 g/mol. The van der Waals surface area contributed by atoms with Gasteiger partial charge in [0.1, 0.15) is 5.82 Å². The first-order chi connectivity index (χ1) is 7.90. The van der Waals surface area contributed by atoms with Gasteiger partial charge in [0.25, 0.3) is 0 Å². The second-order valence-electron chi connectivity index (χ2n) is 3.46. The highest BCUT2D eigenvalue weighted by molar-refractivity contribution is 5.99. The summed E-state index contributed by atoms with van der Waals surface area (Å²) >= 11 is 0. The molecule has 0 saturated carbocycles. The number of carboxylic acid groups (broad SMARTS) is 1. The minimum Gasteiger partial charge on any atom is -0.478 e. The number of hydrogen-bond acceptors (Lipinski definition) is 3. The van der Waals surface area contributed by atoms with E-state index in [-0.39, 0.29) is 11.3 Å². The largest absolute Gasteiger partial charge is 0.478 e. The Balaban J connectivity index is 2.91. The van der Waals surface area contributed by atoms with Crippen molar-refractivity contribution in [3.05, 3.63) is 29.6 Å². The van der Waals surface area contributed by atoms with Gasteiger partial charge in [-0.3, -0.25) is 5.43 Å². The van der Waals surface area contributed by atoms with Crippen molar-refractivity contribution in [3.63, 3.8) is 0 Å². The van der Waals surface area contributed by atoms with E-state index in [4.69, 9.17) is 5.11 Å². The molecular weight excluding hydrogens is 229 g/mol. The van der Waals surface area contributed by atoms with Crippen LogP contribution >= 0.6 is 0 Å². The van der Waals surface area contributed by atoms with Gasteiger partial charge in [-0.2, -0.15) is 0 Å². The van der Waals surface area contributed by atoms with Crippen molar-refractivity contribution in [2.45, 2.75) is 0 Å². The van der Waals surface area contributed by atoms with Gasteiger partial charge in [0.05, 0.1) is 11.3 Å². The number of nitrogens with zero attached hydrogens (tertiary/aromatic N) is 1. The molecule has 0 radical (unpaired) electrons. The Kier molecular flexibility index (Phi) is 4.00. The van der Waals surface area contributed by atoms with E-state index < -0.39 is 17.8 Å². The maximum Gasteiger partial charge on any atom is 0.337 e. The second-order valence-corrected chi connectivity index (χ2v) is 3.46. The van der Waals surface area contributed by atoms with Crippen molar-refractivity contribution in [2.75, 3.05) is 19.4 Å². The van der Waals surface area contributed by atoms with Gasteiger partial charge in [-0.25, -0.2) is 19.0 Å². The van der Waals surface area contributed by atoms with Crippen LogP contribution in [-0.4, -0.2) is 36.2 Å². The Morgan fingerprint density at radius 1 is 1.35 bits per heavy atom. The number of carbonyl (C=O) groups excluding carboxylic acids is 1. The van der Waals surface area contributed by atoms with Crippen LogP contribution in [0.3, 0.4) is 0 Å². The van der Waals surface area contributed by atoms with Crippen molar-refractivity contribution in [1.82, 2.24) is 10.4 Å². The standard InChI is InChI=1S/C10H12FN3O3/c1-14(2)13-10(17)12-8-4-3-6(11)5-7(8)9(15)16/h3-5H,1-2H3,(H,15,16)(H2,12,13,17). The fourth-order valence-corrected chi connectivity index (χ4v) is 1.16. The Morgan fingerprint density at radius 3 is 2.53 bits per heavy atom. The van der Waals surface area contributed by atoms with Gasteiger partial charge in [0.15, 0.2) is 0 Å². The Bertz CT molecular complexity index is 448. The number of hydrazine groups is 1. The maximum absolute atomic E-state index is 12.9. The van der Waals surface area contributed by atoms with E-state index in [0.29, 0.717) is 0 Å². The van der Waals surface area contributed by atoms with Crippen molar-refractivity contribution in [2.24, 2.45) is 0 Å². The van der Waals surface area contributed by atoms with Crippen molar-refractivity contribution < 1.29 is 19.1 Å². The molecule has 7 heteroatoms. The lowest BCUT2D eigenvalue weighted by Crippen LogP contribution is -2.39. The molecule has 0 saturated heterocycles. The normalized spacial score (nSPS) is 10.1. The fourth-order valence-electron chi connectivity index (χ4n) is 1.16. The third kappa shape index (κ3) is 3.72. The number of halogens is 1. The zero-order valence-electron chi connectivity index (χ0n) is 9.32. The second kappa shape index (κ2) is 5.26. The number of rotatable bonds is 3. The molecule has 0 spiro atoms. The average Bonchev–Trinajstić information content (AvgIpc) is 2.19. The molecule has 92 valence electrons. The minimum atomic E-state index is -1.32. The summed E-state index contributed by atoms with van der Waals surface area (Å²) in [5.41, 5.74) is 2.09. The van der Waals surface area contributed by atoms with E-state index in [1.807, 2.05) is 0 Å². The summed E-state index contributed by atoms with van der Waals surface area (Å²) in [5, 5.41) is 12.5. The number of anilines is 1. The Morgan fingerprint density at radius 2 is 2.00 bits per heavy atom. The number of benzene rings is 1. The Labute approximate surface area is 97.0 Å². The number of carboxylic acids is 1. The van der Waals surface area contributed by atoms with E-state index in [0.717, 1.165) is 12.1 Å².